The van der Waals surface area contributed by atoms with Gasteiger partial charge in [0.2, 0.25) is 0 Å². The Morgan fingerprint density at radius 3 is 1.71 bits per heavy atom. The average Bonchev–Trinajstić information content (AvgIpc) is 2.99. The van der Waals surface area contributed by atoms with Crippen LogP contribution in [0.3, 0.4) is 0 Å². The van der Waals surface area contributed by atoms with Gasteiger partial charge in [-0.25, -0.2) is 0 Å². The second-order valence-electron chi connectivity index (χ2n) is 3.06. The third kappa shape index (κ3) is 9.38. The number of carbonyl (C=O) groups excluding carboxylic acids is 1. The van der Waals surface area contributed by atoms with E-state index in [2.05, 4.69) is 0 Å². The van der Waals surface area contributed by atoms with E-state index >= 15 is 0 Å². The van der Waals surface area contributed by atoms with E-state index < -0.39 is 0 Å². The molecule has 0 saturated heterocycles. The van der Waals surface area contributed by atoms with Crippen molar-refractivity contribution in [3.05, 3.63) is 88.0 Å². The molecule has 2 rings (SSSR count). The zero-order chi connectivity index (χ0) is 11.5. The Labute approximate surface area is 116 Å². The largest absolute Gasteiger partial charge is 2.00 e. The first kappa shape index (κ1) is 16.7. The summed E-state index contributed by atoms with van der Waals surface area (Å²) >= 11 is 0. The van der Waals surface area contributed by atoms with Crippen molar-refractivity contribution in [2.75, 3.05) is 0 Å². The minimum Gasteiger partial charge on any atom is -0.299 e. The van der Waals surface area contributed by atoms with Crippen LogP contribution in [0.4, 0.5) is 0 Å². The second kappa shape index (κ2) is 12.1. The van der Waals surface area contributed by atoms with Crippen molar-refractivity contribution in [1.29, 1.82) is 0 Å². The van der Waals surface area contributed by atoms with Gasteiger partial charge in [0.05, 0.1) is 0 Å². The molecule has 2 heteroatoms. The molecule has 86 valence electrons. The molecular formula is C15H14FeO+2. The molecule has 10 radical (unpaired) electrons. The number of carbonyl (C=O) groups is 1. The van der Waals surface area contributed by atoms with Crippen LogP contribution in [-0.4, -0.2) is 6.29 Å². The molecule has 0 unspecified atom stereocenters. The van der Waals surface area contributed by atoms with Gasteiger partial charge in [-0.05, 0) is 63.9 Å². The molecule has 0 aromatic carbocycles. The molecule has 2 aliphatic rings. The fraction of sp³-hybridized carbons (Fsp3) is 0. The summed E-state index contributed by atoms with van der Waals surface area (Å²) in [5.41, 5.74) is 0. The molecule has 2 aliphatic carbocycles. The fourth-order valence-corrected chi connectivity index (χ4v) is 1.10. The first-order valence-corrected chi connectivity index (χ1v) is 5.10. The molecular weight excluding hydrogens is 252 g/mol. The molecule has 0 aromatic rings. The number of hydrogen-bond donors (Lipinski definition) is 0. The third-order valence-electron chi connectivity index (χ3n) is 1.83. The predicted molar refractivity (Wildman–Crippen MR) is 66.3 cm³/mol. The number of allylic oxidation sites excluding steroid dienone is 4. The Bertz CT molecular complexity index is 215. The Morgan fingerprint density at radius 1 is 0.706 bits per heavy atom. The molecule has 0 aromatic heterocycles. The Balaban J connectivity index is 0.000000360. The van der Waals surface area contributed by atoms with E-state index in [1.54, 1.807) is 6.08 Å². The van der Waals surface area contributed by atoms with Crippen molar-refractivity contribution in [3.63, 3.8) is 0 Å². The number of rotatable bonds is 3. The summed E-state index contributed by atoms with van der Waals surface area (Å²) in [6.07, 6.45) is 25.7. The van der Waals surface area contributed by atoms with E-state index in [0.29, 0.717) is 0 Å². The molecule has 0 atom stereocenters. The number of hydrogen-bond acceptors (Lipinski definition) is 1. The minimum absolute atomic E-state index is 0. The molecule has 0 aliphatic heterocycles. The van der Waals surface area contributed by atoms with E-state index in [-0.39, 0.29) is 17.1 Å². The Morgan fingerprint density at radius 2 is 1.24 bits per heavy atom. The van der Waals surface area contributed by atoms with Crippen molar-refractivity contribution in [2.24, 2.45) is 0 Å². The maximum atomic E-state index is 9.85. The summed E-state index contributed by atoms with van der Waals surface area (Å²) in [5, 5.41) is 0. The summed E-state index contributed by atoms with van der Waals surface area (Å²) in [4.78, 5) is 9.85. The molecule has 0 bridgehead atoms. The Kier molecular flexibility index (Phi) is 11.9. The van der Waals surface area contributed by atoms with Gasteiger partial charge >= 0.3 is 17.1 Å². The molecule has 0 amide bonds. The van der Waals surface area contributed by atoms with Gasteiger partial charge in [-0.15, -0.1) is 0 Å². The number of aldehydes is 1. The molecule has 1 nitrogen and oxygen atoms in total. The van der Waals surface area contributed by atoms with Crippen molar-refractivity contribution >= 4 is 6.29 Å². The van der Waals surface area contributed by atoms with Crippen LogP contribution in [0.2, 0.25) is 0 Å². The van der Waals surface area contributed by atoms with Crippen molar-refractivity contribution in [3.8, 4) is 0 Å². The van der Waals surface area contributed by atoms with E-state index in [1.807, 2.05) is 69.9 Å². The van der Waals surface area contributed by atoms with Crippen molar-refractivity contribution in [2.45, 2.75) is 0 Å². The minimum atomic E-state index is 0. The smallest absolute Gasteiger partial charge is 0.299 e. The van der Waals surface area contributed by atoms with Crippen LogP contribution in [0.1, 0.15) is 0 Å². The van der Waals surface area contributed by atoms with E-state index in [4.69, 9.17) is 0 Å². The summed E-state index contributed by atoms with van der Waals surface area (Å²) in [5.74, 6) is 1.15. The monoisotopic (exact) mass is 266 g/mol. The molecule has 2 fully saturated rings. The van der Waals surface area contributed by atoms with Crippen LogP contribution < -0.4 is 0 Å². The SMILES string of the molecule is O=C/C=C/C=C/[C]1[CH][CH][CH][CH]1.[CH]1[CH][CH][CH][CH]1.[Fe+2]. The summed E-state index contributed by atoms with van der Waals surface area (Å²) in [6.45, 7) is 0. The zero-order valence-electron chi connectivity index (χ0n) is 9.34. The van der Waals surface area contributed by atoms with Crippen molar-refractivity contribution in [1.82, 2.24) is 0 Å². The quantitative estimate of drug-likeness (QED) is 0.332. The van der Waals surface area contributed by atoms with Crippen LogP contribution in [0.25, 0.3) is 0 Å². The maximum Gasteiger partial charge on any atom is 2.00 e. The van der Waals surface area contributed by atoms with Gasteiger partial charge in [-0.2, -0.15) is 0 Å². The van der Waals surface area contributed by atoms with Crippen LogP contribution >= 0.6 is 0 Å². The molecule has 0 heterocycles. The van der Waals surface area contributed by atoms with Crippen LogP contribution in [0, 0.1) is 63.7 Å². The first-order valence-electron chi connectivity index (χ1n) is 5.10. The zero-order valence-corrected chi connectivity index (χ0v) is 10.4. The second-order valence-corrected chi connectivity index (χ2v) is 3.06. The van der Waals surface area contributed by atoms with Gasteiger partial charge in [-0.3, -0.25) is 4.79 Å². The fourth-order valence-electron chi connectivity index (χ4n) is 1.10. The van der Waals surface area contributed by atoms with Gasteiger partial charge < -0.3 is 0 Å². The Hall–Kier alpha value is -0.331. The third-order valence-corrected chi connectivity index (χ3v) is 1.83. The first-order chi connectivity index (χ1) is 7.93. The topological polar surface area (TPSA) is 17.1 Å². The van der Waals surface area contributed by atoms with Crippen LogP contribution in [0.15, 0.2) is 24.3 Å². The van der Waals surface area contributed by atoms with Gasteiger partial charge in [0.1, 0.15) is 6.29 Å². The van der Waals surface area contributed by atoms with Crippen LogP contribution in [0.5, 0.6) is 0 Å². The van der Waals surface area contributed by atoms with Crippen LogP contribution in [-0.2, 0) is 21.9 Å². The molecule has 0 spiro atoms. The van der Waals surface area contributed by atoms with E-state index in [1.165, 1.54) is 6.08 Å². The molecule has 17 heavy (non-hydrogen) atoms. The normalized spacial score (nSPS) is 20.2. The molecule has 2 saturated carbocycles. The summed E-state index contributed by atoms with van der Waals surface area (Å²) in [7, 11) is 0. The van der Waals surface area contributed by atoms with Gasteiger partial charge in [-0.1, -0.05) is 18.2 Å². The summed E-state index contributed by atoms with van der Waals surface area (Å²) in [6, 6.07) is 0. The van der Waals surface area contributed by atoms with Gasteiger partial charge in [0.15, 0.2) is 0 Å². The standard InChI is InChI=1S/C10H9O.C5H5.Fe/c11-9-5-1-2-6-10-7-3-4-8-10;1-2-4-5-3-1;/h1-9H;1-5H;/q;;+2/b5-1+,6-2+;;. The van der Waals surface area contributed by atoms with E-state index in [0.717, 1.165) is 12.2 Å². The summed E-state index contributed by atoms with van der Waals surface area (Å²) < 4.78 is 0. The maximum absolute atomic E-state index is 9.85. The average molecular weight is 266 g/mol. The van der Waals surface area contributed by atoms with E-state index in [9.17, 15) is 4.79 Å². The van der Waals surface area contributed by atoms with Gasteiger partial charge in [0.25, 0.3) is 0 Å². The van der Waals surface area contributed by atoms with Crippen molar-refractivity contribution < 1.29 is 21.9 Å². The van der Waals surface area contributed by atoms with Gasteiger partial charge in [0, 0.05) is 5.92 Å². The molecule has 0 N–H and O–H groups in total. The predicted octanol–water partition coefficient (Wildman–Crippen LogP) is 2.72.